The van der Waals surface area contributed by atoms with Gasteiger partial charge in [0, 0.05) is 11.4 Å². The van der Waals surface area contributed by atoms with E-state index in [1.165, 1.54) is 18.4 Å². The quantitative estimate of drug-likeness (QED) is 0.470. The van der Waals surface area contributed by atoms with Crippen molar-refractivity contribution in [1.82, 2.24) is 0 Å². The third-order valence-electron chi connectivity index (χ3n) is 3.49. The second-order valence-corrected chi connectivity index (χ2v) is 5.49. The molecule has 0 aromatic rings. The molecule has 0 saturated carbocycles. The highest BCUT2D eigenvalue weighted by Gasteiger charge is 2.20. The van der Waals surface area contributed by atoms with E-state index in [4.69, 9.17) is 18.0 Å². The molecular formula is C15H24N2S. The average Bonchev–Trinajstić information content (AvgIpc) is 2.35. The lowest BCUT2D eigenvalue weighted by Crippen LogP contribution is -2.21. The molecule has 3 heteroatoms. The SMILES string of the molecule is C=C(C)C(=S)N=C(C1=C(N)CCCC1)C(C)CC. The summed E-state index contributed by atoms with van der Waals surface area (Å²) in [6.45, 7) is 10.1. The molecule has 1 rings (SSSR count). The second kappa shape index (κ2) is 6.83. The number of thiocarbonyl (C=S) groups is 1. The molecule has 0 fully saturated rings. The first-order valence-electron chi connectivity index (χ1n) is 6.73. The van der Waals surface area contributed by atoms with Gasteiger partial charge in [-0.3, -0.25) is 0 Å². The van der Waals surface area contributed by atoms with Crippen molar-refractivity contribution in [3.05, 3.63) is 23.4 Å². The molecule has 1 aliphatic rings. The third-order valence-corrected chi connectivity index (χ3v) is 3.93. The van der Waals surface area contributed by atoms with Crippen LogP contribution in [-0.4, -0.2) is 10.7 Å². The number of nitrogens with zero attached hydrogens (tertiary/aromatic N) is 1. The van der Waals surface area contributed by atoms with Crippen molar-refractivity contribution in [3.8, 4) is 0 Å². The van der Waals surface area contributed by atoms with Gasteiger partial charge in [-0.1, -0.05) is 32.6 Å². The lowest BCUT2D eigenvalue weighted by molar-refractivity contribution is 0.666. The fraction of sp³-hybridized carbons (Fsp3) is 0.600. The highest BCUT2D eigenvalue weighted by Crippen LogP contribution is 2.26. The minimum Gasteiger partial charge on any atom is -0.402 e. The Morgan fingerprint density at radius 2 is 2.06 bits per heavy atom. The zero-order chi connectivity index (χ0) is 13.7. The van der Waals surface area contributed by atoms with E-state index in [-0.39, 0.29) is 0 Å². The van der Waals surface area contributed by atoms with Crippen LogP contribution >= 0.6 is 12.2 Å². The second-order valence-electron chi connectivity index (χ2n) is 5.10. The van der Waals surface area contributed by atoms with Crippen LogP contribution in [0.5, 0.6) is 0 Å². The number of aliphatic imine (C=N–C) groups is 1. The van der Waals surface area contributed by atoms with Gasteiger partial charge in [-0.15, -0.1) is 0 Å². The van der Waals surface area contributed by atoms with Crippen LogP contribution in [0.25, 0.3) is 0 Å². The van der Waals surface area contributed by atoms with Gasteiger partial charge in [-0.2, -0.15) is 0 Å². The van der Waals surface area contributed by atoms with Crippen molar-refractivity contribution < 1.29 is 0 Å². The van der Waals surface area contributed by atoms with Crippen molar-refractivity contribution in [1.29, 1.82) is 0 Å². The maximum atomic E-state index is 6.16. The number of hydrogen-bond acceptors (Lipinski definition) is 2. The van der Waals surface area contributed by atoms with Crippen LogP contribution in [0, 0.1) is 5.92 Å². The summed E-state index contributed by atoms with van der Waals surface area (Å²) in [6.07, 6.45) is 5.46. The summed E-state index contributed by atoms with van der Waals surface area (Å²) in [5.74, 6) is 0.397. The number of allylic oxidation sites excluding steroid dienone is 2. The lowest BCUT2D eigenvalue weighted by atomic mass is 9.87. The van der Waals surface area contributed by atoms with Gasteiger partial charge in [0.15, 0.2) is 0 Å². The van der Waals surface area contributed by atoms with Gasteiger partial charge in [0.2, 0.25) is 0 Å². The van der Waals surface area contributed by atoms with Gasteiger partial charge < -0.3 is 5.73 Å². The van der Waals surface area contributed by atoms with Gasteiger partial charge >= 0.3 is 0 Å². The topological polar surface area (TPSA) is 38.4 Å². The maximum absolute atomic E-state index is 6.16. The Balaban J connectivity index is 3.13. The Labute approximate surface area is 116 Å². The first kappa shape index (κ1) is 15.1. The van der Waals surface area contributed by atoms with E-state index in [0.717, 1.165) is 36.2 Å². The smallest absolute Gasteiger partial charge is 0.128 e. The van der Waals surface area contributed by atoms with Crippen LogP contribution in [0.3, 0.4) is 0 Å². The Morgan fingerprint density at radius 3 is 2.56 bits per heavy atom. The summed E-state index contributed by atoms with van der Waals surface area (Å²) < 4.78 is 0. The van der Waals surface area contributed by atoms with Crippen molar-refractivity contribution in [2.45, 2.75) is 52.9 Å². The fourth-order valence-corrected chi connectivity index (χ4v) is 2.19. The summed E-state index contributed by atoms with van der Waals surface area (Å²) in [5, 5.41) is 0. The zero-order valence-corrected chi connectivity index (χ0v) is 12.6. The molecule has 1 unspecified atom stereocenters. The molecule has 1 aliphatic carbocycles. The van der Waals surface area contributed by atoms with Gasteiger partial charge in [-0.05, 0) is 56.1 Å². The molecule has 0 amide bonds. The third kappa shape index (κ3) is 3.77. The molecule has 0 radical (unpaired) electrons. The number of hydrogen-bond donors (Lipinski definition) is 1. The number of nitrogens with two attached hydrogens (primary N) is 1. The van der Waals surface area contributed by atoms with Crippen LogP contribution in [-0.2, 0) is 0 Å². The summed E-state index contributed by atoms with van der Waals surface area (Å²) in [6, 6.07) is 0. The van der Waals surface area contributed by atoms with E-state index in [1.54, 1.807) is 0 Å². The van der Waals surface area contributed by atoms with Crippen molar-refractivity contribution >= 4 is 22.9 Å². The summed E-state index contributed by atoms with van der Waals surface area (Å²) in [7, 11) is 0. The molecule has 0 aliphatic heterocycles. The van der Waals surface area contributed by atoms with Crippen molar-refractivity contribution in [2.75, 3.05) is 0 Å². The van der Waals surface area contributed by atoms with E-state index in [9.17, 15) is 0 Å². The molecule has 0 heterocycles. The van der Waals surface area contributed by atoms with Gasteiger partial charge in [-0.25, -0.2) is 4.99 Å². The Hall–Kier alpha value is -0.960. The molecule has 0 spiro atoms. The highest BCUT2D eigenvalue weighted by atomic mass is 32.1. The lowest BCUT2D eigenvalue weighted by Gasteiger charge is -2.22. The van der Waals surface area contributed by atoms with Crippen LogP contribution in [0.4, 0.5) is 0 Å². The molecule has 2 N–H and O–H groups in total. The highest BCUT2D eigenvalue weighted by molar-refractivity contribution is 7.80. The largest absolute Gasteiger partial charge is 0.402 e. The molecule has 0 saturated heterocycles. The van der Waals surface area contributed by atoms with E-state index in [0.29, 0.717) is 10.9 Å². The molecule has 0 aromatic carbocycles. The number of rotatable bonds is 4. The van der Waals surface area contributed by atoms with E-state index in [1.807, 2.05) is 6.92 Å². The van der Waals surface area contributed by atoms with Crippen molar-refractivity contribution in [2.24, 2.45) is 16.6 Å². The molecule has 100 valence electrons. The maximum Gasteiger partial charge on any atom is 0.128 e. The Morgan fingerprint density at radius 1 is 1.44 bits per heavy atom. The Bertz CT molecular complexity index is 405. The standard InChI is InChI=1S/C15H24N2S/c1-5-11(4)14(17-15(18)10(2)3)12-8-6-7-9-13(12)16/h11H,2,5-9,16H2,1,3-4H3. The predicted molar refractivity (Wildman–Crippen MR) is 84.0 cm³/mol. The molecule has 0 bridgehead atoms. The average molecular weight is 264 g/mol. The van der Waals surface area contributed by atoms with Crippen LogP contribution in [0.15, 0.2) is 28.4 Å². The summed E-state index contributed by atoms with van der Waals surface area (Å²) >= 11 is 5.28. The van der Waals surface area contributed by atoms with Crippen LogP contribution in [0.2, 0.25) is 0 Å². The predicted octanol–water partition coefficient (Wildman–Crippen LogP) is 4.16. The minimum absolute atomic E-state index is 0.397. The van der Waals surface area contributed by atoms with Gasteiger partial charge in [0.05, 0.1) is 0 Å². The summed E-state index contributed by atoms with van der Waals surface area (Å²) in [4.78, 5) is 5.24. The van der Waals surface area contributed by atoms with E-state index < -0.39 is 0 Å². The molecular weight excluding hydrogens is 240 g/mol. The van der Waals surface area contributed by atoms with E-state index >= 15 is 0 Å². The van der Waals surface area contributed by atoms with Gasteiger partial charge in [0.25, 0.3) is 0 Å². The van der Waals surface area contributed by atoms with Gasteiger partial charge in [0.1, 0.15) is 4.99 Å². The Kier molecular flexibility index (Phi) is 5.73. The molecule has 1 atom stereocenters. The van der Waals surface area contributed by atoms with Crippen molar-refractivity contribution in [3.63, 3.8) is 0 Å². The fourth-order valence-electron chi connectivity index (χ4n) is 2.09. The molecule has 18 heavy (non-hydrogen) atoms. The zero-order valence-electron chi connectivity index (χ0n) is 11.8. The van der Waals surface area contributed by atoms with Crippen LogP contribution in [0.1, 0.15) is 52.9 Å². The van der Waals surface area contributed by atoms with Crippen LogP contribution < -0.4 is 5.73 Å². The first-order valence-corrected chi connectivity index (χ1v) is 7.14. The first-order chi connectivity index (χ1) is 8.47. The monoisotopic (exact) mass is 264 g/mol. The van der Waals surface area contributed by atoms with E-state index in [2.05, 4.69) is 25.4 Å². The minimum atomic E-state index is 0.397. The summed E-state index contributed by atoms with van der Waals surface area (Å²) in [5.41, 5.74) is 10.3. The normalized spacial score (nSPS) is 18.7. The molecule has 2 nitrogen and oxygen atoms in total. The molecule has 0 aromatic heterocycles.